The Kier molecular flexibility index (Phi) is 10.3. The normalized spacial score (nSPS) is 10.3. The second-order valence-corrected chi connectivity index (χ2v) is 7.87. The first-order valence-corrected chi connectivity index (χ1v) is 11.2. The van der Waals surface area contributed by atoms with Gasteiger partial charge in [-0.2, -0.15) is 0 Å². The molecule has 34 heavy (non-hydrogen) atoms. The minimum Gasteiger partial charge on any atom is -0.423 e. The molecule has 0 radical (unpaired) electrons. The van der Waals surface area contributed by atoms with Crippen LogP contribution in [0.15, 0.2) is 85.0 Å². The number of unbranched alkanes of at least 4 members (excludes halogenated alkanes) is 1. The molecule has 0 saturated carbocycles. The second kappa shape index (κ2) is 13.4. The topological polar surface area (TPSA) is 95.4 Å². The van der Waals surface area contributed by atoms with Crippen molar-refractivity contribution in [2.45, 2.75) is 33.1 Å². The first kappa shape index (κ1) is 26.1. The van der Waals surface area contributed by atoms with E-state index in [1.165, 1.54) is 24.5 Å². The van der Waals surface area contributed by atoms with Gasteiger partial charge in [0.25, 0.3) is 0 Å². The Morgan fingerprint density at radius 3 is 2.12 bits per heavy atom. The third-order valence-corrected chi connectivity index (χ3v) is 4.99. The van der Waals surface area contributed by atoms with E-state index in [1.54, 1.807) is 25.1 Å². The number of ether oxygens (including phenoxy) is 1. The molecule has 0 fully saturated rings. The molecule has 5 heteroatoms. The first-order chi connectivity index (χ1) is 16.3. The molecule has 0 saturated heterocycles. The third kappa shape index (κ3) is 8.43. The second-order valence-electron chi connectivity index (χ2n) is 7.87. The Morgan fingerprint density at radius 2 is 1.59 bits per heavy atom. The van der Waals surface area contributed by atoms with Gasteiger partial charge >= 0.3 is 5.97 Å². The molecule has 0 aromatic heterocycles. The summed E-state index contributed by atoms with van der Waals surface area (Å²) in [5.74, 6) is 0.0568. The molecule has 0 bridgehead atoms. The van der Waals surface area contributed by atoms with Crippen molar-refractivity contribution in [1.29, 1.82) is 0 Å². The summed E-state index contributed by atoms with van der Waals surface area (Å²) in [7, 11) is 0. The molecule has 3 rings (SSSR count). The SMILES string of the molecule is C=C(C)C(=O)Oc1ccc(-c2ccc(/C=C/C=O)cc2)cc1.CCCCc1ccc(N)cc1N. The predicted octanol–water partition coefficient (Wildman–Crippen LogP) is 6.24. The quantitative estimate of drug-likeness (QED) is 0.137. The largest absolute Gasteiger partial charge is 0.423 e. The van der Waals surface area contributed by atoms with Crippen molar-refractivity contribution in [2.75, 3.05) is 11.5 Å². The van der Waals surface area contributed by atoms with Crippen LogP contribution in [-0.2, 0) is 16.0 Å². The number of carbonyl (C=O) groups is 2. The van der Waals surface area contributed by atoms with Crippen LogP contribution in [0.3, 0.4) is 0 Å². The van der Waals surface area contributed by atoms with E-state index in [4.69, 9.17) is 16.2 Å². The van der Waals surface area contributed by atoms with Gasteiger partial charge in [0.2, 0.25) is 0 Å². The minimum atomic E-state index is -0.431. The van der Waals surface area contributed by atoms with Gasteiger partial charge in [-0.3, -0.25) is 4.79 Å². The molecule has 0 aliphatic rings. The highest BCUT2D eigenvalue weighted by Gasteiger charge is 2.05. The molecule has 4 N–H and O–H groups in total. The van der Waals surface area contributed by atoms with Crippen LogP contribution in [0.5, 0.6) is 5.75 Å². The van der Waals surface area contributed by atoms with E-state index in [0.29, 0.717) is 11.3 Å². The lowest BCUT2D eigenvalue weighted by atomic mass is 10.0. The lowest BCUT2D eigenvalue weighted by Crippen LogP contribution is -2.07. The number of rotatable bonds is 8. The van der Waals surface area contributed by atoms with Crippen molar-refractivity contribution in [3.05, 3.63) is 96.1 Å². The molecule has 0 aliphatic carbocycles. The zero-order chi connectivity index (χ0) is 24.9. The van der Waals surface area contributed by atoms with Crippen molar-refractivity contribution in [1.82, 2.24) is 0 Å². The lowest BCUT2D eigenvalue weighted by Gasteiger charge is -2.06. The fraction of sp³-hybridized carbons (Fsp3) is 0.172. The third-order valence-electron chi connectivity index (χ3n) is 4.99. The van der Waals surface area contributed by atoms with Gasteiger partial charge in [-0.15, -0.1) is 0 Å². The van der Waals surface area contributed by atoms with Crippen LogP contribution in [0.25, 0.3) is 17.2 Å². The standard InChI is InChI=1S/C19H16O3.C10H16N2/c1-14(2)19(21)22-18-11-9-17(10-12-18)16-7-5-15(6-8-16)4-3-13-20;1-2-3-4-8-5-6-9(11)7-10(8)12/h3-13H,1H2,2H3;5-7H,2-4,11-12H2,1H3/b4-3+;. The summed E-state index contributed by atoms with van der Waals surface area (Å²) in [4.78, 5) is 21.7. The van der Waals surface area contributed by atoms with E-state index in [-0.39, 0.29) is 0 Å². The average molecular weight is 457 g/mol. The number of hydrogen-bond acceptors (Lipinski definition) is 5. The van der Waals surface area contributed by atoms with Gasteiger partial charge in [0.15, 0.2) is 0 Å². The van der Waals surface area contributed by atoms with Gasteiger partial charge in [-0.25, -0.2) is 4.79 Å². The van der Waals surface area contributed by atoms with Gasteiger partial charge in [-0.05, 0) is 72.4 Å². The number of nitrogens with two attached hydrogens (primary N) is 2. The highest BCUT2D eigenvalue weighted by molar-refractivity contribution is 5.88. The predicted molar refractivity (Wildman–Crippen MR) is 141 cm³/mol. The summed E-state index contributed by atoms with van der Waals surface area (Å²) in [6.07, 6.45) is 7.40. The molecular weight excluding hydrogens is 424 g/mol. The summed E-state index contributed by atoms with van der Waals surface area (Å²) in [5.41, 5.74) is 17.5. The van der Waals surface area contributed by atoms with Crippen LogP contribution in [-0.4, -0.2) is 12.3 Å². The molecule has 5 nitrogen and oxygen atoms in total. The monoisotopic (exact) mass is 456 g/mol. The Morgan fingerprint density at radius 1 is 0.971 bits per heavy atom. The molecule has 0 atom stereocenters. The van der Waals surface area contributed by atoms with Crippen LogP contribution >= 0.6 is 0 Å². The van der Waals surface area contributed by atoms with Gasteiger partial charge in [0, 0.05) is 16.9 Å². The van der Waals surface area contributed by atoms with Gasteiger partial charge in [-0.1, -0.05) is 68.5 Å². The van der Waals surface area contributed by atoms with Crippen LogP contribution in [0.1, 0.15) is 37.8 Å². The number of esters is 1. The van der Waals surface area contributed by atoms with Crippen molar-refractivity contribution in [3.63, 3.8) is 0 Å². The fourth-order valence-electron chi connectivity index (χ4n) is 3.05. The fourth-order valence-corrected chi connectivity index (χ4v) is 3.05. The van der Waals surface area contributed by atoms with Crippen LogP contribution < -0.4 is 16.2 Å². The summed E-state index contributed by atoms with van der Waals surface area (Å²) in [6.45, 7) is 7.33. The number of anilines is 2. The number of hydrogen-bond donors (Lipinski definition) is 2. The number of nitrogen functional groups attached to an aromatic ring is 2. The number of aryl methyl sites for hydroxylation is 1. The Balaban J connectivity index is 0.000000287. The number of allylic oxidation sites excluding steroid dienone is 1. The highest BCUT2D eigenvalue weighted by Crippen LogP contribution is 2.23. The van der Waals surface area contributed by atoms with Gasteiger partial charge < -0.3 is 16.2 Å². The first-order valence-electron chi connectivity index (χ1n) is 11.2. The Bertz CT molecular complexity index is 1130. The summed E-state index contributed by atoms with van der Waals surface area (Å²) in [5, 5.41) is 0. The van der Waals surface area contributed by atoms with E-state index in [1.807, 2.05) is 54.6 Å². The van der Waals surface area contributed by atoms with Crippen molar-refractivity contribution < 1.29 is 14.3 Å². The summed E-state index contributed by atoms with van der Waals surface area (Å²) in [6, 6.07) is 20.8. The van der Waals surface area contributed by atoms with Crippen molar-refractivity contribution in [3.8, 4) is 16.9 Å². The van der Waals surface area contributed by atoms with E-state index in [2.05, 4.69) is 13.5 Å². The maximum atomic E-state index is 11.4. The van der Waals surface area contributed by atoms with Crippen molar-refractivity contribution >= 4 is 29.7 Å². The zero-order valence-electron chi connectivity index (χ0n) is 19.8. The van der Waals surface area contributed by atoms with Crippen molar-refractivity contribution in [2.24, 2.45) is 0 Å². The van der Waals surface area contributed by atoms with E-state index in [9.17, 15) is 9.59 Å². The van der Waals surface area contributed by atoms with Crippen LogP contribution in [0.2, 0.25) is 0 Å². The highest BCUT2D eigenvalue weighted by atomic mass is 16.5. The molecule has 3 aromatic carbocycles. The van der Waals surface area contributed by atoms with Gasteiger partial charge in [0.1, 0.15) is 12.0 Å². The van der Waals surface area contributed by atoms with Gasteiger partial charge in [0.05, 0.1) is 0 Å². The number of aldehydes is 1. The molecule has 0 heterocycles. The van der Waals surface area contributed by atoms with E-state index in [0.717, 1.165) is 40.8 Å². The summed E-state index contributed by atoms with van der Waals surface area (Å²) >= 11 is 0. The number of carbonyl (C=O) groups excluding carboxylic acids is 2. The maximum absolute atomic E-state index is 11.4. The zero-order valence-corrected chi connectivity index (χ0v) is 19.8. The number of benzene rings is 3. The minimum absolute atomic E-state index is 0.364. The molecule has 0 spiro atoms. The lowest BCUT2D eigenvalue weighted by molar-refractivity contribution is -0.130. The Labute approximate surface area is 201 Å². The molecule has 0 amide bonds. The van der Waals surface area contributed by atoms with E-state index < -0.39 is 5.97 Å². The smallest absolute Gasteiger partial charge is 0.338 e. The van der Waals surface area contributed by atoms with Crippen LogP contribution in [0.4, 0.5) is 11.4 Å². The Hall–Kier alpha value is -4.12. The molecule has 176 valence electrons. The molecule has 3 aromatic rings. The van der Waals surface area contributed by atoms with E-state index >= 15 is 0 Å². The molecule has 0 aliphatic heterocycles. The molecule has 0 unspecified atom stereocenters. The summed E-state index contributed by atoms with van der Waals surface area (Å²) < 4.78 is 5.15. The average Bonchev–Trinajstić information content (AvgIpc) is 2.83. The maximum Gasteiger partial charge on any atom is 0.338 e. The molecular formula is C29H32N2O3. The van der Waals surface area contributed by atoms with Crippen LogP contribution in [0, 0.1) is 0 Å².